The number of nitrogens with zero attached hydrogens (tertiary/aromatic N) is 1. The summed E-state index contributed by atoms with van der Waals surface area (Å²) in [4.78, 5) is 39.2. The number of ether oxygens (including phenoxy) is 3. The van der Waals surface area contributed by atoms with Crippen LogP contribution in [0, 0.1) is 0 Å². The summed E-state index contributed by atoms with van der Waals surface area (Å²) in [5.41, 5.74) is -0.546. The minimum atomic E-state index is -1.12. The van der Waals surface area contributed by atoms with Crippen LogP contribution >= 0.6 is 0 Å². The van der Waals surface area contributed by atoms with Gasteiger partial charge in [0.15, 0.2) is 5.71 Å². The second-order valence-electron chi connectivity index (χ2n) is 4.67. The third-order valence-corrected chi connectivity index (χ3v) is 2.87. The predicted molar refractivity (Wildman–Crippen MR) is 88.0 cm³/mol. The molecule has 0 aliphatic heterocycles. The van der Waals surface area contributed by atoms with Gasteiger partial charge in [-0.3, -0.25) is 0 Å². The fourth-order valence-corrected chi connectivity index (χ4v) is 1.76. The maximum Gasteiger partial charge on any atom is 0.434 e. The first-order chi connectivity index (χ1) is 11.9. The fourth-order valence-electron chi connectivity index (χ4n) is 1.76. The van der Waals surface area contributed by atoms with Crippen LogP contribution in [0.2, 0.25) is 0 Å². The van der Waals surface area contributed by atoms with E-state index in [4.69, 9.17) is 9.47 Å². The maximum atomic E-state index is 12.0. The van der Waals surface area contributed by atoms with Gasteiger partial charge in [-0.05, 0) is 19.4 Å². The van der Waals surface area contributed by atoms with Crippen LogP contribution in [0.4, 0.5) is 4.79 Å². The number of amides is 1. The second kappa shape index (κ2) is 9.86. The summed E-state index contributed by atoms with van der Waals surface area (Å²) in [6, 6.07) is 8.81. The highest BCUT2D eigenvalue weighted by Crippen LogP contribution is 2.10. The zero-order chi connectivity index (χ0) is 18.8. The van der Waals surface area contributed by atoms with Crippen molar-refractivity contribution in [3.05, 3.63) is 47.2 Å². The highest BCUT2D eigenvalue weighted by atomic mass is 16.6. The van der Waals surface area contributed by atoms with Crippen LogP contribution in [-0.4, -0.2) is 42.6 Å². The van der Waals surface area contributed by atoms with Crippen molar-refractivity contribution in [2.75, 3.05) is 13.7 Å². The van der Waals surface area contributed by atoms with Crippen LogP contribution < -0.4 is 0 Å². The first kappa shape index (κ1) is 19.9. The number of rotatable bonds is 6. The van der Waals surface area contributed by atoms with Crippen LogP contribution in [0.5, 0.6) is 0 Å². The molecule has 8 nitrogen and oxygen atoms in total. The number of carbonyl (C=O) groups excluding carboxylic acids is 3. The molecule has 0 heterocycles. The number of carbonyl (C=O) groups is 3. The number of aliphatic hydroxyl groups excluding tert-OH is 1. The lowest BCUT2D eigenvalue weighted by molar-refractivity contribution is -0.138. The van der Waals surface area contributed by atoms with Gasteiger partial charge in [0.25, 0.3) is 0 Å². The van der Waals surface area contributed by atoms with Gasteiger partial charge >= 0.3 is 18.0 Å². The molecule has 0 radical (unpaired) electrons. The van der Waals surface area contributed by atoms with Crippen molar-refractivity contribution in [3.63, 3.8) is 0 Å². The number of aliphatic imine (C=N–C) groups is 1. The molecule has 0 fully saturated rings. The predicted octanol–water partition coefficient (Wildman–Crippen LogP) is 2.33. The topological polar surface area (TPSA) is 111 Å². The van der Waals surface area contributed by atoms with E-state index in [0.29, 0.717) is 5.56 Å². The molecule has 1 rings (SSSR count). The van der Waals surface area contributed by atoms with Gasteiger partial charge in [0.1, 0.15) is 17.9 Å². The lowest BCUT2D eigenvalue weighted by atomic mass is 10.1. The van der Waals surface area contributed by atoms with Crippen LogP contribution in [0.1, 0.15) is 19.4 Å². The molecule has 0 aliphatic carbocycles. The minimum absolute atomic E-state index is 0.0180. The fraction of sp³-hybridized carbons (Fsp3) is 0.294. The van der Waals surface area contributed by atoms with E-state index < -0.39 is 35.1 Å². The summed E-state index contributed by atoms with van der Waals surface area (Å²) in [6.45, 7) is 2.59. The summed E-state index contributed by atoms with van der Waals surface area (Å²) < 4.78 is 14.2. The van der Waals surface area contributed by atoms with Crippen molar-refractivity contribution in [1.82, 2.24) is 0 Å². The van der Waals surface area contributed by atoms with Crippen LogP contribution in [0.25, 0.3) is 0 Å². The Morgan fingerprint density at radius 1 is 1.08 bits per heavy atom. The molecule has 0 bridgehead atoms. The Labute approximate surface area is 144 Å². The molecule has 0 aliphatic rings. The monoisotopic (exact) mass is 349 g/mol. The van der Waals surface area contributed by atoms with Crippen molar-refractivity contribution in [1.29, 1.82) is 0 Å². The largest absolute Gasteiger partial charge is 0.512 e. The lowest BCUT2D eigenvalue weighted by Crippen LogP contribution is -2.27. The van der Waals surface area contributed by atoms with E-state index in [1.807, 2.05) is 0 Å². The Morgan fingerprint density at radius 2 is 1.72 bits per heavy atom. The molecule has 1 amide bonds. The van der Waals surface area contributed by atoms with E-state index in [-0.39, 0.29) is 13.2 Å². The van der Waals surface area contributed by atoms with Crippen molar-refractivity contribution >= 4 is 23.7 Å². The summed E-state index contributed by atoms with van der Waals surface area (Å²) in [5.74, 6) is -2.65. The number of benzene rings is 1. The molecule has 1 aromatic carbocycles. The molecule has 0 saturated heterocycles. The zero-order valence-electron chi connectivity index (χ0n) is 14.1. The number of aliphatic hydroxyl groups is 1. The van der Waals surface area contributed by atoms with Gasteiger partial charge in [0, 0.05) is 0 Å². The molecular weight excluding hydrogens is 330 g/mol. The van der Waals surface area contributed by atoms with E-state index in [1.54, 1.807) is 30.3 Å². The van der Waals surface area contributed by atoms with Gasteiger partial charge in [-0.25, -0.2) is 14.4 Å². The highest BCUT2D eigenvalue weighted by Gasteiger charge is 2.29. The van der Waals surface area contributed by atoms with Gasteiger partial charge in [-0.15, -0.1) is 0 Å². The third kappa shape index (κ3) is 6.09. The first-order valence-corrected chi connectivity index (χ1v) is 7.35. The Kier molecular flexibility index (Phi) is 7.85. The molecule has 0 unspecified atom stereocenters. The van der Waals surface area contributed by atoms with Gasteiger partial charge in [-0.1, -0.05) is 30.3 Å². The summed E-state index contributed by atoms with van der Waals surface area (Å²) in [7, 11) is 1.06. The molecule has 0 aromatic heterocycles. The van der Waals surface area contributed by atoms with Gasteiger partial charge in [0.2, 0.25) is 0 Å². The Hall–Kier alpha value is -3.16. The highest BCUT2D eigenvalue weighted by molar-refractivity contribution is 6.50. The Morgan fingerprint density at radius 3 is 2.24 bits per heavy atom. The molecule has 134 valence electrons. The van der Waals surface area contributed by atoms with Crippen molar-refractivity contribution in [3.8, 4) is 0 Å². The molecule has 8 heteroatoms. The van der Waals surface area contributed by atoms with Gasteiger partial charge in [0.05, 0.1) is 13.7 Å². The normalized spacial score (nSPS) is 12.0. The number of hydrogen-bond acceptors (Lipinski definition) is 7. The standard InChI is InChI=1S/C17H19NO7/c1-4-24-16(21)14(13(11(2)19)15(20)23-3)18-17(22)25-10-12-8-6-5-7-9-12/h5-9,19H,4,10H2,1-3H3/b13-11+,18-14-. The van der Waals surface area contributed by atoms with E-state index in [9.17, 15) is 19.5 Å². The Balaban J connectivity index is 3.07. The van der Waals surface area contributed by atoms with Gasteiger partial charge in [-0.2, -0.15) is 4.99 Å². The van der Waals surface area contributed by atoms with Crippen LogP contribution in [0.15, 0.2) is 46.7 Å². The minimum Gasteiger partial charge on any atom is -0.512 e. The molecule has 1 aromatic rings. The molecule has 0 spiro atoms. The first-order valence-electron chi connectivity index (χ1n) is 7.35. The molecule has 1 N–H and O–H groups in total. The number of hydrogen-bond donors (Lipinski definition) is 1. The summed E-state index contributed by atoms with van der Waals surface area (Å²) >= 11 is 0. The van der Waals surface area contributed by atoms with Crippen LogP contribution in [0.3, 0.4) is 0 Å². The zero-order valence-corrected chi connectivity index (χ0v) is 14.1. The Bertz CT molecular complexity index is 688. The van der Waals surface area contributed by atoms with E-state index in [2.05, 4.69) is 9.73 Å². The smallest absolute Gasteiger partial charge is 0.434 e. The molecule has 0 atom stereocenters. The number of methoxy groups -OCH3 is 1. The molecule has 0 saturated carbocycles. The van der Waals surface area contributed by atoms with E-state index in [1.165, 1.54) is 6.92 Å². The average molecular weight is 349 g/mol. The van der Waals surface area contributed by atoms with Gasteiger partial charge < -0.3 is 19.3 Å². The number of esters is 2. The number of allylic oxidation sites excluding steroid dienone is 1. The van der Waals surface area contributed by atoms with Crippen molar-refractivity contribution in [2.24, 2.45) is 4.99 Å². The SMILES string of the molecule is CCOC(=O)C(=N\C(=O)OCc1ccccc1)/C(C(=O)OC)=C(/C)O. The average Bonchev–Trinajstić information content (AvgIpc) is 2.60. The molecule has 25 heavy (non-hydrogen) atoms. The third-order valence-electron chi connectivity index (χ3n) is 2.87. The maximum absolute atomic E-state index is 12.0. The van der Waals surface area contributed by atoms with Crippen molar-refractivity contribution < 1.29 is 33.7 Å². The lowest BCUT2D eigenvalue weighted by Gasteiger charge is -2.09. The molecular formula is C17H19NO7. The quantitative estimate of drug-likeness (QED) is 0.276. The van der Waals surface area contributed by atoms with E-state index in [0.717, 1.165) is 14.0 Å². The summed E-state index contributed by atoms with van der Waals surface area (Å²) in [6.07, 6.45) is -1.12. The van der Waals surface area contributed by atoms with E-state index >= 15 is 0 Å². The van der Waals surface area contributed by atoms with Crippen LogP contribution in [-0.2, 0) is 30.4 Å². The second-order valence-corrected chi connectivity index (χ2v) is 4.67. The van der Waals surface area contributed by atoms with Crippen molar-refractivity contribution in [2.45, 2.75) is 20.5 Å². The summed E-state index contributed by atoms with van der Waals surface area (Å²) in [5, 5.41) is 9.66.